The number of hydrogen-bond donors (Lipinski definition) is 0. The lowest BCUT2D eigenvalue weighted by molar-refractivity contribution is 0.101. The van der Waals surface area contributed by atoms with E-state index in [0.717, 1.165) is 18.8 Å². The molecular weight excluding hydrogens is 265 g/mol. The van der Waals surface area contributed by atoms with Crippen molar-refractivity contribution in [2.24, 2.45) is 5.41 Å². The average molecular weight is 289 g/mol. The fraction of sp³-hybridized carbons (Fsp3) is 0.611. The molecule has 2 aliphatic rings. The summed E-state index contributed by atoms with van der Waals surface area (Å²) in [4.78, 5) is 14.1. The molecule has 2 nitrogen and oxygen atoms in total. The molecule has 3 heteroatoms. The zero-order valence-electron chi connectivity index (χ0n) is 13.0. The Kier molecular flexibility index (Phi) is 3.76. The fourth-order valence-electron chi connectivity index (χ4n) is 4.06. The maximum atomic E-state index is 13.8. The van der Waals surface area contributed by atoms with E-state index in [0.29, 0.717) is 16.5 Å². The Morgan fingerprint density at radius 3 is 2.33 bits per heavy atom. The minimum Gasteiger partial charge on any atom is -0.371 e. The predicted molar refractivity (Wildman–Crippen MR) is 83.5 cm³/mol. The van der Waals surface area contributed by atoms with Crippen LogP contribution in [-0.2, 0) is 0 Å². The Morgan fingerprint density at radius 2 is 1.76 bits per heavy atom. The highest BCUT2D eigenvalue weighted by atomic mass is 19.1. The van der Waals surface area contributed by atoms with Gasteiger partial charge in [-0.15, -0.1) is 0 Å². The molecule has 1 spiro atoms. The third-order valence-electron chi connectivity index (χ3n) is 5.49. The monoisotopic (exact) mass is 289 g/mol. The summed E-state index contributed by atoms with van der Waals surface area (Å²) in [6.45, 7) is 5.28. The summed E-state index contributed by atoms with van der Waals surface area (Å²) in [6, 6.07) is 3.26. The number of carbonyl (C=O) groups excluding carboxylic acids is 1. The highest BCUT2D eigenvalue weighted by Gasteiger charge is 2.37. The summed E-state index contributed by atoms with van der Waals surface area (Å²) in [5.74, 6) is -0.335. The molecule has 1 aromatic rings. The quantitative estimate of drug-likeness (QED) is 0.747. The summed E-state index contributed by atoms with van der Waals surface area (Å²) in [5.41, 5.74) is 2.63. The van der Waals surface area contributed by atoms with Crippen molar-refractivity contribution in [1.82, 2.24) is 0 Å². The molecular formula is C18H24FNO. The van der Waals surface area contributed by atoms with E-state index >= 15 is 0 Å². The number of aryl methyl sites for hydroxylation is 1. The Morgan fingerprint density at radius 1 is 1.14 bits per heavy atom. The molecule has 0 atom stereocenters. The van der Waals surface area contributed by atoms with Crippen LogP contribution in [0, 0.1) is 18.2 Å². The topological polar surface area (TPSA) is 20.3 Å². The van der Waals surface area contributed by atoms with Crippen molar-refractivity contribution < 1.29 is 9.18 Å². The molecule has 2 fully saturated rings. The minimum absolute atomic E-state index is 0.0509. The fourth-order valence-corrected chi connectivity index (χ4v) is 4.06. The van der Waals surface area contributed by atoms with E-state index in [1.54, 1.807) is 6.92 Å². The van der Waals surface area contributed by atoms with Gasteiger partial charge in [-0.25, -0.2) is 4.39 Å². The number of hydrogen-bond acceptors (Lipinski definition) is 2. The lowest BCUT2D eigenvalue weighted by Gasteiger charge is -2.41. The van der Waals surface area contributed by atoms with Crippen LogP contribution in [0.15, 0.2) is 12.1 Å². The molecule has 1 heterocycles. The summed E-state index contributed by atoms with van der Waals surface area (Å²) in [6.07, 6.45) is 7.88. The van der Waals surface area contributed by atoms with Gasteiger partial charge < -0.3 is 4.90 Å². The second kappa shape index (κ2) is 5.43. The van der Waals surface area contributed by atoms with Crippen molar-refractivity contribution in [1.29, 1.82) is 0 Å². The first-order valence-electron chi connectivity index (χ1n) is 8.07. The standard InChI is InChI=1S/C18H24FNO/c1-13-11-17(15(14(2)21)12-16(13)19)20-9-7-18(8-10-20)5-3-4-6-18/h11-12H,3-10H2,1-2H3. The predicted octanol–water partition coefficient (Wildman–Crippen LogP) is 4.50. The second-order valence-corrected chi connectivity index (χ2v) is 6.87. The van der Waals surface area contributed by atoms with Gasteiger partial charge in [0, 0.05) is 24.3 Å². The zero-order valence-corrected chi connectivity index (χ0v) is 13.0. The van der Waals surface area contributed by atoms with E-state index in [-0.39, 0.29) is 11.6 Å². The Bertz CT molecular complexity index is 551. The first kappa shape index (κ1) is 14.6. The third-order valence-corrected chi connectivity index (χ3v) is 5.49. The van der Waals surface area contributed by atoms with Crippen LogP contribution in [0.4, 0.5) is 10.1 Å². The van der Waals surface area contributed by atoms with E-state index in [2.05, 4.69) is 4.90 Å². The van der Waals surface area contributed by atoms with E-state index in [1.165, 1.54) is 51.5 Å². The smallest absolute Gasteiger partial charge is 0.161 e. The van der Waals surface area contributed by atoms with Crippen LogP contribution in [0.1, 0.15) is 61.4 Å². The third kappa shape index (κ3) is 2.70. The van der Waals surface area contributed by atoms with Crippen molar-refractivity contribution in [3.05, 3.63) is 29.1 Å². The van der Waals surface area contributed by atoms with E-state index in [4.69, 9.17) is 0 Å². The molecule has 0 amide bonds. The molecule has 0 unspecified atom stereocenters. The van der Waals surface area contributed by atoms with Crippen LogP contribution in [0.2, 0.25) is 0 Å². The molecule has 0 N–H and O–H groups in total. The SMILES string of the molecule is CC(=O)c1cc(F)c(C)cc1N1CCC2(CCCC2)CC1. The van der Waals surface area contributed by atoms with Crippen molar-refractivity contribution >= 4 is 11.5 Å². The Hall–Kier alpha value is -1.38. The summed E-state index contributed by atoms with van der Waals surface area (Å²) < 4.78 is 13.8. The Balaban J connectivity index is 1.84. The number of halogens is 1. The maximum absolute atomic E-state index is 13.8. The van der Waals surface area contributed by atoms with Crippen LogP contribution < -0.4 is 4.90 Å². The van der Waals surface area contributed by atoms with Crippen molar-refractivity contribution in [2.75, 3.05) is 18.0 Å². The maximum Gasteiger partial charge on any atom is 0.161 e. The number of anilines is 1. The number of Topliss-reactive ketones (excluding diaryl/α,β-unsaturated/α-hetero) is 1. The first-order chi connectivity index (χ1) is 10.0. The lowest BCUT2D eigenvalue weighted by Crippen LogP contribution is -2.39. The van der Waals surface area contributed by atoms with Crippen LogP contribution in [0.3, 0.4) is 0 Å². The van der Waals surface area contributed by atoms with Gasteiger partial charge >= 0.3 is 0 Å². The number of benzene rings is 1. The molecule has 0 radical (unpaired) electrons. The Labute approximate surface area is 126 Å². The second-order valence-electron chi connectivity index (χ2n) is 6.87. The normalized spacial score (nSPS) is 21.0. The summed E-state index contributed by atoms with van der Waals surface area (Å²) >= 11 is 0. The van der Waals surface area contributed by atoms with Crippen LogP contribution in [0.5, 0.6) is 0 Å². The molecule has 1 saturated heterocycles. The van der Waals surface area contributed by atoms with Gasteiger partial charge in [-0.05, 0) is 62.6 Å². The number of rotatable bonds is 2. The van der Waals surface area contributed by atoms with E-state index in [1.807, 2.05) is 6.07 Å². The molecule has 3 rings (SSSR count). The molecule has 1 saturated carbocycles. The molecule has 0 aromatic heterocycles. The van der Waals surface area contributed by atoms with Crippen LogP contribution in [-0.4, -0.2) is 18.9 Å². The molecule has 21 heavy (non-hydrogen) atoms. The van der Waals surface area contributed by atoms with Gasteiger partial charge in [0.15, 0.2) is 5.78 Å². The van der Waals surface area contributed by atoms with Crippen LogP contribution >= 0.6 is 0 Å². The highest BCUT2D eigenvalue weighted by molar-refractivity contribution is 6.00. The van der Waals surface area contributed by atoms with Gasteiger partial charge in [0.2, 0.25) is 0 Å². The van der Waals surface area contributed by atoms with Gasteiger partial charge in [0.25, 0.3) is 0 Å². The van der Waals surface area contributed by atoms with E-state index in [9.17, 15) is 9.18 Å². The molecule has 1 aliphatic carbocycles. The summed E-state index contributed by atoms with van der Waals surface area (Å²) in [5, 5.41) is 0. The molecule has 1 aromatic carbocycles. The minimum atomic E-state index is -0.284. The van der Waals surface area contributed by atoms with Gasteiger partial charge in [0.05, 0.1) is 0 Å². The number of piperidine rings is 1. The highest BCUT2D eigenvalue weighted by Crippen LogP contribution is 2.47. The molecule has 0 bridgehead atoms. The number of carbonyl (C=O) groups is 1. The van der Waals surface area contributed by atoms with Gasteiger partial charge in [0.1, 0.15) is 5.82 Å². The number of nitrogens with zero attached hydrogens (tertiary/aromatic N) is 1. The average Bonchev–Trinajstić information content (AvgIpc) is 2.90. The summed E-state index contributed by atoms with van der Waals surface area (Å²) in [7, 11) is 0. The van der Waals surface area contributed by atoms with Gasteiger partial charge in [-0.3, -0.25) is 4.79 Å². The molecule has 1 aliphatic heterocycles. The lowest BCUT2D eigenvalue weighted by atomic mass is 9.77. The number of ketones is 1. The van der Waals surface area contributed by atoms with Crippen molar-refractivity contribution in [3.63, 3.8) is 0 Å². The van der Waals surface area contributed by atoms with Gasteiger partial charge in [-0.2, -0.15) is 0 Å². The van der Waals surface area contributed by atoms with E-state index < -0.39 is 0 Å². The zero-order chi connectivity index (χ0) is 15.0. The van der Waals surface area contributed by atoms with Gasteiger partial charge in [-0.1, -0.05) is 12.8 Å². The van der Waals surface area contributed by atoms with Crippen molar-refractivity contribution in [2.45, 2.75) is 52.4 Å². The molecule has 114 valence electrons. The van der Waals surface area contributed by atoms with Crippen LogP contribution in [0.25, 0.3) is 0 Å². The largest absolute Gasteiger partial charge is 0.371 e. The first-order valence-corrected chi connectivity index (χ1v) is 8.07. The van der Waals surface area contributed by atoms with Crippen molar-refractivity contribution in [3.8, 4) is 0 Å².